The molecule has 1 saturated heterocycles. The zero-order valence-electron chi connectivity index (χ0n) is 11.5. The van der Waals surface area contributed by atoms with Crippen LogP contribution >= 0.6 is 15.9 Å². The topological polar surface area (TPSA) is 42.7 Å². The van der Waals surface area contributed by atoms with E-state index in [-0.39, 0.29) is 0 Å². The van der Waals surface area contributed by atoms with Crippen LogP contribution in [0.4, 0.5) is 0 Å². The van der Waals surface area contributed by atoms with Crippen LogP contribution in [0.3, 0.4) is 0 Å². The molecule has 0 aromatic carbocycles. The standard InChI is InChI=1S/C14H19BrN4O/c15-12-11-16-13-5-6-14(17-19(12)13)20-10-4-9-18-7-2-1-3-8-18/h5-6,11H,1-4,7-10H2. The zero-order chi connectivity index (χ0) is 13.8. The van der Waals surface area contributed by atoms with E-state index in [0.717, 1.165) is 23.2 Å². The van der Waals surface area contributed by atoms with Gasteiger partial charge in [0.1, 0.15) is 4.60 Å². The predicted molar refractivity (Wildman–Crippen MR) is 81.1 cm³/mol. The SMILES string of the molecule is Brc1cnc2ccc(OCCCN3CCCCC3)nn12. The molecule has 0 N–H and O–H groups in total. The van der Waals surface area contributed by atoms with Gasteiger partial charge in [-0.15, -0.1) is 5.10 Å². The minimum atomic E-state index is 0.648. The normalized spacial score (nSPS) is 16.6. The van der Waals surface area contributed by atoms with Gasteiger partial charge in [-0.05, 0) is 54.3 Å². The Kier molecular flexibility index (Phi) is 4.52. The molecule has 0 atom stereocenters. The fraction of sp³-hybridized carbons (Fsp3) is 0.571. The molecule has 0 spiro atoms. The molecule has 5 nitrogen and oxygen atoms in total. The van der Waals surface area contributed by atoms with Gasteiger partial charge in [0.05, 0.1) is 12.8 Å². The Balaban J connectivity index is 1.48. The molecule has 1 fully saturated rings. The van der Waals surface area contributed by atoms with Crippen LogP contribution in [0.5, 0.6) is 5.88 Å². The molecule has 6 heteroatoms. The Bertz CT molecular complexity index is 565. The number of imidazole rings is 1. The molecule has 20 heavy (non-hydrogen) atoms. The minimum Gasteiger partial charge on any atom is -0.477 e. The Hall–Kier alpha value is -1.14. The molecule has 2 aromatic rings. The van der Waals surface area contributed by atoms with Crippen molar-refractivity contribution in [1.82, 2.24) is 19.5 Å². The third-order valence-corrected chi connectivity index (χ3v) is 4.15. The monoisotopic (exact) mass is 338 g/mol. The highest BCUT2D eigenvalue weighted by atomic mass is 79.9. The van der Waals surface area contributed by atoms with Crippen molar-refractivity contribution in [2.24, 2.45) is 0 Å². The Morgan fingerprint density at radius 3 is 2.90 bits per heavy atom. The van der Waals surface area contributed by atoms with E-state index in [1.54, 1.807) is 10.7 Å². The number of fused-ring (bicyclic) bond motifs is 1. The van der Waals surface area contributed by atoms with Gasteiger partial charge in [0.2, 0.25) is 5.88 Å². The number of halogens is 1. The summed E-state index contributed by atoms with van der Waals surface area (Å²) >= 11 is 3.41. The molecule has 0 bridgehead atoms. The van der Waals surface area contributed by atoms with E-state index in [4.69, 9.17) is 4.74 Å². The maximum Gasteiger partial charge on any atom is 0.231 e. The van der Waals surface area contributed by atoms with Crippen molar-refractivity contribution in [3.63, 3.8) is 0 Å². The van der Waals surface area contributed by atoms with Crippen molar-refractivity contribution < 1.29 is 4.74 Å². The van der Waals surface area contributed by atoms with E-state index in [9.17, 15) is 0 Å². The number of hydrogen-bond acceptors (Lipinski definition) is 4. The number of rotatable bonds is 5. The fourth-order valence-electron chi connectivity index (χ4n) is 2.55. The molecule has 2 aromatic heterocycles. The third kappa shape index (κ3) is 3.30. The van der Waals surface area contributed by atoms with E-state index in [0.29, 0.717) is 12.5 Å². The molecule has 0 unspecified atom stereocenters. The number of piperidine rings is 1. The van der Waals surface area contributed by atoms with Crippen molar-refractivity contribution in [1.29, 1.82) is 0 Å². The van der Waals surface area contributed by atoms with Gasteiger partial charge in [-0.1, -0.05) is 6.42 Å². The average molecular weight is 339 g/mol. The molecular weight excluding hydrogens is 320 g/mol. The van der Waals surface area contributed by atoms with Crippen LogP contribution in [-0.4, -0.2) is 45.7 Å². The first-order valence-corrected chi connectivity index (χ1v) is 7.98. The maximum atomic E-state index is 5.72. The van der Waals surface area contributed by atoms with E-state index in [1.807, 2.05) is 12.1 Å². The molecule has 0 aliphatic carbocycles. The number of likely N-dealkylation sites (tertiary alicyclic amines) is 1. The lowest BCUT2D eigenvalue weighted by Crippen LogP contribution is -2.31. The molecule has 108 valence electrons. The van der Waals surface area contributed by atoms with E-state index in [1.165, 1.54) is 32.4 Å². The zero-order valence-corrected chi connectivity index (χ0v) is 13.0. The summed E-state index contributed by atoms with van der Waals surface area (Å²) in [7, 11) is 0. The lowest BCUT2D eigenvalue weighted by atomic mass is 10.1. The number of aromatic nitrogens is 3. The van der Waals surface area contributed by atoms with E-state index < -0.39 is 0 Å². The van der Waals surface area contributed by atoms with Gasteiger partial charge in [0.15, 0.2) is 5.65 Å². The first-order chi connectivity index (χ1) is 9.83. The second kappa shape index (κ2) is 6.54. The van der Waals surface area contributed by atoms with Crippen LogP contribution in [-0.2, 0) is 0 Å². The summed E-state index contributed by atoms with van der Waals surface area (Å²) in [4.78, 5) is 6.73. The van der Waals surface area contributed by atoms with Crippen LogP contribution in [0.15, 0.2) is 22.9 Å². The second-order valence-electron chi connectivity index (χ2n) is 5.13. The lowest BCUT2D eigenvalue weighted by Gasteiger charge is -2.26. The van der Waals surface area contributed by atoms with Crippen LogP contribution in [0.2, 0.25) is 0 Å². The molecule has 3 heterocycles. The molecule has 1 aliphatic heterocycles. The van der Waals surface area contributed by atoms with E-state index >= 15 is 0 Å². The van der Waals surface area contributed by atoms with Gasteiger partial charge in [-0.25, -0.2) is 9.50 Å². The molecular formula is C14H19BrN4O. The molecule has 0 saturated carbocycles. The summed E-state index contributed by atoms with van der Waals surface area (Å²) < 4.78 is 8.30. The van der Waals surface area contributed by atoms with Crippen LogP contribution in [0.1, 0.15) is 25.7 Å². The lowest BCUT2D eigenvalue weighted by molar-refractivity contribution is 0.202. The van der Waals surface area contributed by atoms with Crippen molar-refractivity contribution in [3.05, 3.63) is 22.9 Å². The van der Waals surface area contributed by atoms with Crippen LogP contribution < -0.4 is 4.74 Å². The van der Waals surface area contributed by atoms with Gasteiger partial charge in [0.25, 0.3) is 0 Å². The van der Waals surface area contributed by atoms with E-state index in [2.05, 4.69) is 30.9 Å². The van der Waals surface area contributed by atoms with Gasteiger partial charge < -0.3 is 9.64 Å². The highest BCUT2D eigenvalue weighted by Gasteiger charge is 2.09. The van der Waals surface area contributed by atoms with Crippen molar-refractivity contribution in [2.45, 2.75) is 25.7 Å². The second-order valence-corrected chi connectivity index (χ2v) is 5.94. The third-order valence-electron chi connectivity index (χ3n) is 3.61. The number of ether oxygens (including phenoxy) is 1. The molecule has 0 amide bonds. The summed E-state index contributed by atoms with van der Waals surface area (Å²) in [5, 5.41) is 4.39. The summed E-state index contributed by atoms with van der Waals surface area (Å²) in [5.74, 6) is 0.648. The molecule has 0 radical (unpaired) electrons. The van der Waals surface area contributed by atoms with Gasteiger partial charge in [-0.3, -0.25) is 0 Å². The van der Waals surface area contributed by atoms with Crippen LogP contribution in [0.25, 0.3) is 5.65 Å². The number of nitrogens with zero attached hydrogens (tertiary/aromatic N) is 4. The first kappa shape index (κ1) is 13.8. The summed E-state index contributed by atoms with van der Waals surface area (Å²) in [6.07, 6.45) is 6.85. The Labute approximate surface area is 127 Å². The highest BCUT2D eigenvalue weighted by Crippen LogP contribution is 2.15. The minimum absolute atomic E-state index is 0.648. The summed E-state index contributed by atoms with van der Waals surface area (Å²) in [6.45, 7) is 4.32. The Morgan fingerprint density at radius 1 is 1.20 bits per heavy atom. The van der Waals surface area contributed by atoms with Gasteiger partial charge >= 0.3 is 0 Å². The largest absolute Gasteiger partial charge is 0.477 e. The van der Waals surface area contributed by atoms with Crippen LogP contribution in [0, 0.1) is 0 Å². The summed E-state index contributed by atoms with van der Waals surface area (Å²) in [6, 6.07) is 3.79. The highest BCUT2D eigenvalue weighted by molar-refractivity contribution is 9.10. The molecule has 3 rings (SSSR count). The predicted octanol–water partition coefficient (Wildman–Crippen LogP) is 2.75. The maximum absolute atomic E-state index is 5.72. The fourth-order valence-corrected chi connectivity index (χ4v) is 2.92. The van der Waals surface area contributed by atoms with Gasteiger partial charge in [0, 0.05) is 12.6 Å². The van der Waals surface area contributed by atoms with Crippen molar-refractivity contribution >= 4 is 21.6 Å². The average Bonchev–Trinajstić information content (AvgIpc) is 2.86. The van der Waals surface area contributed by atoms with Crippen molar-refractivity contribution in [3.8, 4) is 5.88 Å². The van der Waals surface area contributed by atoms with Gasteiger partial charge in [-0.2, -0.15) is 0 Å². The summed E-state index contributed by atoms with van der Waals surface area (Å²) in [5.41, 5.74) is 0.817. The van der Waals surface area contributed by atoms with Crippen molar-refractivity contribution in [2.75, 3.05) is 26.2 Å². The molecule has 1 aliphatic rings. The smallest absolute Gasteiger partial charge is 0.231 e. The first-order valence-electron chi connectivity index (χ1n) is 7.18. The number of hydrogen-bond donors (Lipinski definition) is 0. The Morgan fingerprint density at radius 2 is 2.05 bits per heavy atom. The quantitative estimate of drug-likeness (QED) is 0.786.